The monoisotopic (exact) mass is 532 g/mol. The average molecular weight is 533 g/mol. The Morgan fingerprint density at radius 2 is 1.41 bits per heavy atom. The van der Waals surface area contributed by atoms with E-state index in [1.165, 1.54) is 6.92 Å². The Morgan fingerprint density at radius 3 is 1.89 bits per heavy atom. The highest BCUT2D eigenvalue weighted by atomic mass is 16.4. The van der Waals surface area contributed by atoms with E-state index in [0.29, 0.717) is 0 Å². The predicted molar refractivity (Wildman–Crippen MR) is 128 cm³/mol. The number of rotatable bonds is 18. The number of carbonyl (C=O) groups is 6. The quantitative estimate of drug-likeness (QED) is 0.0453. The Morgan fingerprint density at radius 1 is 0.811 bits per heavy atom. The molecule has 0 saturated carbocycles. The van der Waals surface area contributed by atoms with Gasteiger partial charge in [0.2, 0.25) is 23.6 Å². The van der Waals surface area contributed by atoms with Crippen molar-refractivity contribution >= 4 is 41.5 Å². The van der Waals surface area contributed by atoms with E-state index in [4.69, 9.17) is 28.0 Å². The summed E-state index contributed by atoms with van der Waals surface area (Å²) < 4.78 is 0. The molecule has 0 aliphatic heterocycles. The number of guanidine groups is 1. The van der Waals surface area contributed by atoms with Crippen LogP contribution in [0.25, 0.3) is 0 Å². The molecule has 5 atom stereocenters. The lowest BCUT2D eigenvalue weighted by atomic mass is 10.1. The number of nitrogens with zero attached hydrogens (tertiary/aromatic N) is 1. The molecule has 210 valence electrons. The highest BCUT2D eigenvalue weighted by Crippen LogP contribution is 2.05. The third kappa shape index (κ3) is 14.2. The smallest absolute Gasteiger partial charge is 0.326 e. The second-order valence-corrected chi connectivity index (χ2v) is 8.18. The molecular formula is C20H36N8O9. The van der Waals surface area contributed by atoms with Crippen LogP contribution in [0.15, 0.2) is 4.99 Å². The number of aliphatic carboxylic acids is 2. The van der Waals surface area contributed by atoms with Gasteiger partial charge in [0.05, 0.1) is 12.1 Å². The largest absolute Gasteiger partial charge is 0.481 e. The molecule has 0 heterocycles. The molecule has 17 heteroatoms. The molecule has 0 bridgehead atoms. The number of hydrogen-bond acceptors (Lipinski definition) is 9. The molecule has 4 amide bonds. The Kier molecular flexibility index (Phi) is 14.8. The zero-order valence-electron chi connectivity index (χ0n) is 20.4. The van der Waals surface area contributed by atoms with Crippen molar-refractivity contribution in [1.82, 2.24) is 16.0 Å². The molecule has 0 aromatic rings. The molecular weight excluding hydrogens is 496 g/mol. The van der Waals surface area contributed by atoms with Crippen molar-refractivity contribution in [2.24, 2.45) is 27.9 Å². The lowest BCUT2D eigenvalue weighted by Crippen LogP contribution is -2.59. The van der Waals surface area contributed by atoms with Crippen molar-refractivity contribution in [3.8, 4) is 0 Å². The van der Waals surface area contributed by atoms with Crippen LogP contribution in [0.4, 0.5) is 0 Å². The SMILES string of the molecule is CC(O)C(NC(=O)C(N)CCC(=O)O)C(=O)NC(CCCN=C(N)N)C(=O)NC(CCC(N)=O)C(=O)O. The summed E-state index contributed by atoms with van der Waals surface area (Å²) in [5.74, 6) is -6.45. The molecule has 0 aliphatic carbocycles. The van der Waals surface area contributed by atoms with Crippen LogP contribution in [0, 0.1) is 0 Å². The molecule has 5 unspecified atom stereocenters. The van der Waals surface area contributed by atoms with Gasteiger partial charge in [-0.15, -0.1) is 0 Å². The van der Waals surface area contributed by atoms with Crippen molar-refractivity contribution in [2.45, 2.75) is 75.7 Å². The number of nitrogens with one attached hydrogen (secondary N) is 3. The van der Waals surface area contributed by atoms with E-state index < -0.39 is 72.3 Å². The zero-order valence-corrected chi connectivity index (χ0v) is 20.4. The van der Waals surface area contributed by atoms with E-state index in [1.54, 1.807) is 0 Å². The van der Waals surface area contributed by atoms with Gasteiger partial charge in [-0.1, -0.05) is 0 Å². The minimum absolute atomic E-state index is 0.0705. The Labute approximate surface area is 212 Å². The van der Waals surface area contributed by atoms with Gasteiger partial charge in [-0.25, -0.2) is 4.79 Å². The second-order valence-electron chi connectivity index (χ2n) is 8.18. The van der Waals surface area contributed by atoms with Crippen LogP contribution in [0.5, 0.6) is 0 Å². The summed E-state index contributed by atoms with van der Waals surface area (Å²) in [5, 5.41) is 34.8. The van der Waals surface area contributed by atoms with Gasteiger partial charge in [0.1, 0.15) is 18.1 Å². The average Bonchev–Trinajstić information content (AvgIpc) is 2.79. The van der Waals surface area contributed by atoms with Crippen LogP contribution in [-0.4, -0.2) is 93.7 Å². The highest BCUT2D eigenvalue weighted by molar-refractivity contribution is 5.94. The number of carboxylic acid groups (broad SMARTS) is 2. The number of hydrogen-bond donors (Lipinski definition) is 10. The van der Waals surface area contributed by atoms with E-state index in [2.05, 4.69) is 20.9 Å². The number of nitrogens with two attached hydrogens (primary N) is 4. The first-order valence-corrected chi connectivity index (χ1v) is 11.3. The maximum Gasteiger partial charge on any atom is 0.326 e. The molecule has 0 saturated heterocycles. The number of carboxylic acids is 2. The van der Waals surface area contributed by atoms with Gasteiger partial charge < -0.3 is 54.2 Å². The van der Waals surface area contributed by atoms with E-state index in [1.807, 2.05) is 0 Å². The lowest BCUT2D eigenvalue weighted by Gasteiger charge is -2.26. The molecule has 0 aliphatic rings. The molecule has 0 radical (unpaired) electrons. The minimum Gasteiger partial charge on any atom is -0.481 e. The first-order valence-electron chi connectivity index (χ1n) is 11.3. The highest BCUT2D eigenvalue weighted by Gasteiger charge is 2.32. The molecule has 0 fully saturated rings. The van der Waals surface area contributed by atoms with Crippen molar-refractivity contribution in [1.29, 1.82) is 0 Å². The minimum atomic E-state index is -1.58. The molecule has 0 rings (SSSR count). The number of primary amides is 1. The Balaban J connectivity index is 5.57. The van der Waals surface area contributed by atoms with Gasteiger partial charge in [0.15, 0.2) is 5.96 Å². The summed E-state index contributed by atoms with van der Waals surface area (Å²) >= 11 is 0. The fourth-order valence-corrected chi connectivity index (χ4v) is 2.93. The van der Waals surface area contributed by atoms with Crippen LogP contribution < -0.4 is 38.9 Å². The van der Waals surface area contributed by atoms with Crippen molar-refractivity contribution in [3.05, 3.63) is 0 Å². The molecule has 0 spiro atoms. The summed E-state index contributed by atoms with van der Waals surface area (Å²) in [6, 6.07) is -5.71. The topological polar surface area (TPSA) is 316 Å². The fraction of sp³-hybridized carbons (Fsp3) is 0.650. The Hall–Kier alpha value is -3.99. The molecule has 17 nitrogen and oxygen atoms in total. The van der Waals surface area contributed by atoms with Gasteiger partial charge in [-0.3, -0.25) is 29.0 Å². The standard InChI is InChI=1S/C20H36N8O9/c1-9(29)15(28-16(33)10(21)4-7-14(31)32)18(35)26-11(3-2-8-25-20(23)24)17(34)27-12(19(36)37)5-6-13(22)30/h9-12,15,29H,2-8,21H2,1H3,(H2,22,30)(H,26,35)(H,27,34)(H,28,33)(H,31,32)(H,36,37)(H4,23,24,25). The van der Waals surface area contributed by atoms with Crippen LogP contribution in [0.2, 0.25) is 0 Å². The zero-order chi connectivity index (χ0) is 28.7. The summed E-state index contributed by atoms with van der Waals surface area (Å²) in [6.07, 6.45) is -2.62. The normalized spacial score (nSPS) is 14.7. The number of aliphatic hydroxyl groups excluding tert-OH is 1. The molecule has 37 heavy (non-hydrogen) atoms. The van der Waals surface area contributed by atoms with Gasteiger partial charge in [0.25, 0.3) is 0 Å². The van der Waals surface area contributed by atoms with Gasteiger partial charge in [-0.05, 0) is 32.6 Å². The number of amides is 4. The van der Waals surface area contributed by atoms with E-state index in [-0.39, 0.29) is 44.6 Å². The maximum atomic E-state index is 12.9. The lowest BCUT2D eigenvalue weighted by molar-refractivity contribution is -0.143. The Bertz CT molecular complexity index is 861. The van der Waals surface area contributed by atoms with Crippen LogP contribution in [-0.2, 0) is 28.8 Å². The second kappa shape index (κ2) is 16.6. The molecule has 14 N–H and O–H groups in total. The van der Waals surface area contributed by atoms with Crippen molar-refractivity contribution in [2.75, 3.05) is 6.54 Å². The van der Waals surface area contributed by atoms with E-state index >= 15 is 0 Å². The van der Waals surface area contributed by atoms with Gasteiger partial charge in [-0.2, -0.15) is 0 Å². The third-order valence-electron chi connectivity index (χ3n) is 4.94. The van der Waals surface area contributed by atoms with E-state index in [0.717, 1.165) is 0 Å². The fourth-order valence-electron chi connectivity index (χ4n) is 2.93. The summed E-state index contributed by atoms with van der Waals surface area (Å²) in [6.45, 7) is 1.26. The van der Waals surface area contributed by atoms with Crippen LogP contribution in [0.1, 0.15) is 45.4 Å². The number of aliphatic hydroxyl groups is 1. The summed E-state index contributed by atoms with van der Waals surface area (Å²) in [4.78, 5) is 74.9. The van der Waals surface area contributed by atoms with Gasteiger partial charge >= 0.3 is 11.9 Å². The van der Waals surface area contributed by atoms with Crippen LogP contribution >= 0.6 is 0 Å². The first-order chi connectivity index (χ1) is 17.1. The molecule has 0 aromatic heterocycles. The predicted octanol–water partition coefficient (Wildman–Crippen LogP) is -4.58. The van der Waals surface area contributed by atoms with Crippen molar-refractivity contribution in [3.63, 3.8) is 0 Å². The number of aliphatic imine (C=N–C) groups is 1. The van der Waals surface area contributed by atoms with Crippen molar-refractivity contribution < 1.29 is 44.1 Å². The van der Waals surface area contributed by atoms with E-state index in [9.17, 15) is 39.0 Å². The van der Waals surface area contributed by atoms with Gasteiger partial charge in [0, 0.05) is 19.4 Å². The third-order valence-corrected chi connectivity index (χ3v) is 4.94. The van der Waals surface area contributed by atoms with Crippen LogP contribution in [0.3, 0.4) is 0 Å². The number of carbonyl (C=O) groups excluding carboxylic acids is 4. The molecule has 0 aromatic carbocycles. The maximum absolute atomic E-state index is 12.9. The first kappa shape index (κ1) is 33.0. The summed E-state index contributed by atoms with van der Waals surface area (Å²) in [5.41, 5.74) is 21.2. The summed E-state index contributed by atoms with van der Waals surface area (Å²) in [7, 11) is 0.